The molecular formula is C22H20ClN3. The van der Waals surface area contributed by atoms with Crippen molar-refractivity contribution in [2.24, 2.45) is 5.73 Å². The molecule has 0 spiro atoms. The lowest BCUT2D eigenvalue weighted by Gasteiger charge is -2.26. The molecule has 0 saturated carbocycles. The molecule has 2 N–H and O–H groups in total. The Morgan fingerprint density at radius 3 is 2.88 bits per heavy atom. The van der Waals surface area contributed by atoms with Crippen LogP contribution in [0.5, 0.6) is 0 Å². The Hall–Kier alpha value is -2.65. The van der Waals surface area contributed by atoms with Crippen LogP contribution in [0.2, 0.25) is 5.02 Å². The van der Waals surface area contributed by atoms with E-state index in [0.717, 1.165) is 52.1 Å². The van der Waals surface area contributed by atoms with E-state index in [2.05, 4.69) is 24.2 Å². The van der Waals surface area contributed by atoms with Crippen LogP contribution in [0, 0.1) is 0 Å². The highest BCUT2D eigenvalue weighted by atomic mass is 35.5. The van der Waals surface area contributed by atoms with Gasteiger partial charge in [-0.25, -0.2) is 0 Å². The van der Waals surface area contributed by atoms with E-state index in [4.69, 9.17) is 22.3 Å². The van der Waals surface area contributed by atoms with Crippen LogP contribution in [0.1, 0.15) is 40.4 Å². The predicted octanol–water partition coefficient (Wildman–Crippen LogP) is 5.13. The number of nitrogens with zero attached hydrogens (tertiary/aromatic N) is 2. The highest BCUT2D eigenvalue weighted by Gasteiger charge is 2.25. The highest BCUT2D eigenvalue weighted by molar-refractivity contribution is 6.36. The van der Waals surface area contributed by atoms with Crippen LogP contribution in [0.25, 0.3) is 22.7 Å². The molecule has 2 aromatic heterocycles. The fraction of sp³-hybridized carbons (Fsp3) is 0.182. The minimum Gasteiger partial charge on any atom is -0.397 e. The molecule has 1 unspecified atom stereocenters. The summed E-state index contributed by atoms with van der Waals surface area (Å²) in [5.74, 6) is 0.382. The Kier molecular flexibility index (Phi) is 4.25. The molecule has 0 amide bonds. The molecule has 3 nitrogen and oxygen atoms in total. The summed E-state index contributed by atoms with van der Waals surface area (Å²) < 4.78 is 0. The minimum atomic E-state index is 0.382. The number of halogens is 1. The second-order valence-electron chi connectivity index (χ2n) is 6.77. The largest absolute Gasteiger partial charge is 0.397 e. The summed E-state index contributed by atoms with van der Waals surface area (Å²) in [6.45, 7) is 7.62. The zero-order valence-electron chi connectivity index (χ0n) is 14.5. The fourth-order valence-corrected chi connectivity index (χ4v) is 4.06. The fourth-order valence-electron chi connectivity index (χ4n) is 3.69. The average molecular weight is 362 g/mol. The van der Waals surface area contributed by atoms with E-state index < -0.39 is 0 Å². The van der Waals surface area contributed by atoms with Crippen molar-refractivity contribution in [3.8, 4) is 0 Å². The summed E-state index contributed by atoms with van der Waals surface area (Å²) in [4.78, 5) is 9.21. The Morgan fingerprint density at radius 2 is 2.12 bits per heavy atom. The van der Waals surface area contributed by atoms with Crippen LogP contribution in [-0.2, 0) is 12.8 Å². The first-order valence-electron chi connectivity index (χ1n) is 8.71. The van der Waals surface area contributed by atoms with Crippen LogP contribution in [0.4, 0.5) is 0 Å². The molecule has 0 bridgehead atoms. The van der Waals surface area contributed by atoms with Crippen LogP contribution in [-0.4, -0.2) is 9.97 Å². The van der Waals surface area contributed by atoms with Crippen LogP contribution in [0.15, 0.2) is 49.7 Å². The molecule has 2 heterocycles. The van der Waals surface area contributed by atoms with Crippen LogP contribution in [0.3, 0.4) is 0 Å². The Morgan fingerprint density at radius 1 is 1.27 bits per heavy atom. The summed E-state index contributed by atoms with van der Waals surface area (Å²) >= 11 is 6.71. The van der Waals surface area contributed by atoms with E-state index in [1.54, 1.807) is 6.20 Å². The molecule has 4 rings (SSSR count). The molecule has 0 radical (unpaired) electrons. The topological polar surface area (TPSA) is 51.8 Å². The summed E-state index contributed by atoms with van der Waals surface area (Å²) in [5, 5.41) is 1.85. The monoisotopic (exact) mass is 361 g/mol. The Balaban J connectivity index is 1.75. The molecule has 1 atom stereocenters. The van der Waals surface area contributed by atoms with Crippen molar-refractivity contribution in [3.05, 3.63) is 82.8 Å². The van der Waals surface area contributed by atoms with Crippen molar-refractivity contribution in [2.75, 3.05) is 0 Å². The molecule has 26 heavy (non-hydrogen) atoms. The van der Waals surface area contributed by atoms with Crippen molar-refractivity contribution in [2.45, 2.75) is 25.2 Å². The number of pyridine rings is 2. The number of aromatic nitrogens is 2. The summed E-state index contributed by atoms with van der Waals surface area (Å²) in [7, 11) is 0. The van der Waals surface area contributed by atoms with Gasteiger partial charge in [0.25, 0.3) is 0 Å². The van der Waals surface area contributed by atoms with Crippen LogP contribution >= 0.6 is 11.6 Å². The molecule has 0 saturated heterocycles. The number of hydrogen-bond donors (Lipinski definition) is 1. The van der Waals surface area contributed by atoms with Gasteiger partial charge in [0, 0.05) is 17.3 Å². The zero-order chi connectivity index (χ0) is 18.3. The van der Waals surface area contributed by atoms with E-state index in [0.29, 0.717) is 11.6 Å². The SMILES string of the molecule is C=Cc1ccc2c(Cl)c3c(nc2c1)CC(c1ccnc(C(=C)N)c1)CC3. The standard InChI is InChI=1S/C22H20ClN3/c1-3-14-4-6-17-20(10-14)26-21-12-15(5-7-18(21)22(17)23)16-8-9-25-19(11-16)13(2)24/h3-4,6,8-11,15H,1-2,5,7,12,24H2. The molecule has 3 aromatic rings. The van der Waals surface area contributed by atoms with Gasteiger partial charge < -0.3 is 5.73 Å². The summed E-state index contributed by atoms with van der Waals surface area (Å²) in [6, 6.07) is 10.2. The minimum absolute atomic E-state index is 0.382. The van der Waals surface area contributed by atoms with Crippen molar-refractivity contribution in [1.29, 1.82) is 0 Å². The van der Waals surface area contributed by atoms with Gasteiger partial charge in [-0.1, -0.05) is 43.0 Å². The van der Waals surface area contributed by atoms with E-state index >= 15 is 0 Å². The number of rotatable bonds is 3. The first kappa shape index (κ1) is 16.8. The molecular weight excluding hydrogens is 342 g/mol. The van der Waals surface area contributed by atoms with Gasteiger partial charge in [0.15, 0.2) is 0 Å². The number of hydrogen-bond acceptors (Lipinski definition) is 3. The molecule has 1 aromatic carbocycles. The lowest BCUT2D eigenvalue weighted by molar-refractivity contribution is 0.574. The van der Waals surface area contributed by atoms with Crippen molar-refractivity contribution >= 4 is 34.3 Å². The smallest absolute Gasteiger partial charge is 0.0855 e. The van der Waals surface area contributed by atoms with Gasteiger partial charge in [0.1, 0.15) is 0 Å². The lowest BCUT2D eigenvalue weighted by atomic mass is 9.82. The number of benzene rings is 1. The van der Waals surface area contributed by atoms with Crippen LogP contribution < -0.4 is 5.73 Å². The second-order valence-corrected chi connectivity index (χ2v) is 7.15. The first-order chi connectivity index (χ1) is 12.6. The third-order valence-corrected chi connectivity index (χ3v) is 5.56. The predicted molar refractivity (Wildman–Crippen MR) is 109 cm³/mol. The van der Waals surface area contributed by atoms with Gasteiger partial charge in [0.05, 0.1) is 21.9 Å². The van der Waals surface area contributed by atoms with Gasteiger partial charge in [-0.05, 0) is 60.1 Å². The zero-order valence-corrected chi connectivity index (χ0v) is 15.3. The summed E-state index contributed by atoms with van der Waals surface area (Å²) in [5.41, 5.74) is 12.5. The van der Waals surface area contributed by atoms with E-state index in [9.17, 15) is 0 Å². The van der Waals surface area contributed by atoms with Crippen molar-refractivity contribution < 1.29 is 0 Å². The third-order valence-electron chi connectivity index (χ3n) is 5.13. The molecule has 1 aliphatic carbocycles. The lowest BCUT2D eigenvalue weighted by Crippen LogP contribution is -2.15. The maximum Gasteiger partial charge on any atom is 0.0855 e. The Labute approximate surface area is 158 Å². The average Bonchev–Trinajstić information content (AvgIpc) is 2.67. The molecule has 0 fully saturated rings. The molecule has 4 heteroatoms. The first-order valence-corrected chi connectivity index (χ1v) is 9.08. The number of nitrogens with two attached hydrogens (primary N) is 1. The quantitative estimate of drug-likeness (QED) is 0.703. The van der Waals surface area contributed by atoms with Gasteiger partial charge in [-0.3, -0.25) is 9.97 Å². The van der Waals surface area contributed by atoms with Crippen molar-refractivity contribution in [3.63, 3.8) is 0 Å². The van der Waals surface area contributed by atoms with E-state index in [-0.39, 0.29) is 0 Å². The number of fused-ring (bicyclic) bond motifs is 2. The second kappa shape index (κ2) is 6.58. The van der Waals surface area contributed by atoms with E-state index in [1.807, 2.05) is 30.3 Å². The van der Waals surface area contributed by atoms with Gasteiger partial charge >= 0.3 is 0 Å². The van der Waals surface area contributed by atoms with E-state index in [1.165, 1.54) is 11.1 Å². The maximum atomic E-state index is 6.71. The molecule has 130 valence electrons. The molecule has 1 aliphatic rings. The highest BCUT2D eigenvalue weighted by Crippen LogP contribution is 2.38. The summed E-state index contributed by atoms with van der Waals surface area (Å²) in [6.07, 6.45) is 6.45. The normalized spacial score (nSPS) is 16.3. The Bertz CT molecular complexity index is 1040. The van der Waals surface area contributed by atoms with Crippen molar-refractivity contribution in [1.82, 2.24) is 9.97 Å². The molecule has 0 aliphatic heterocycles. The third kappa shape index (κ3) is 2.89. The van der Waals surface area contributed by atoms with Gasteiger partial charge in [-0.2, -0.15) is 0 Å². The van der Waals surface area contributed by atoms with Gasteiger partial charge in [-0.15, -0.1) is 0 Å². The van der Waals surface area contributed by atoms with Gasteiger partial charge in [0.2, 0.25) is 0 Å². The maximum absolute atomic E-state index is 6.71.